The van der Waals surface area contributed by atoms with E-state index in [0.717, 1.165) is 17.8 Å². The maximum Gasteiger partial charge on any atom is 0.115 e. The molecule has 0 radical (unpaired) electrons. The topological polar surface area (TPSA) is 43.8 Å². The van der Waals surface area contributed by atoms with Gasteiger partial charge >= 0.3 is 0 Å². The molecule has 3 nitrogen and oxygen atoms in total. The maximum absolute atomic E-state index is 6.10. The molecular formula is C16H25N3. The molecule has 104 valence electrons. The van der Waals surface area contributed by atoms with Gasteiger partial charge in [-0.15, -0.1) is 0 Å². The molecule has 2 aromatic rings. The molecule has 0 saturated carbocycles. The van der Waals surface area contributed by atoms with E-state index < -0.39 is 0 Å². The number of nitrogens with two attached hydrogens (primary N) is 1. The summed E-state index contributed by atoms with van der Waals surface area (Å²) in [6.45, 7) is 10.7. The fraction of sp³-hybridized carbons (Fsp3) is 0.562. The first-order valence-corrected chi connectivity index (χ1v) is 6.83. The van der Waals surface area contributed by atoms with Crippen LogP contribution in [0.25, 0.3) is 11.0 Å². The Morgan fingerprint density at radius 3 is 2.32 bits per heavy atom. The van der Waals surface area contributed by atoms with Gasteiger partial charge in [-0.1, -0.05) is 26.8 Å². The second-order valence-corrected chi connectivity index (χ2v) is 7.23. The molecule has 0 amide bonds. The van der Waals surface area contributed by atoms with Crippen molar-refractivity contribution in [2.24, 2.45) is 12.8 Å². The third-order valence-corrected chi connectivity index (χ3v) is 3.28. The molecule has 0 aliphatic rings. The highest BCUT2D eigenvalue weighted by atomic mass is 15.1. The lowest BCUT2D eigenvalue weighted by Gasteiger charge is -2.19. The SMILES string of the molecule is Cn1c(C(C)(C)C)nc2ccc(CC(C)(C)N)cc21. The Morgan fingerprint density at radius 2 is 1.79 bits per heavy atom. The van der Waals surface area contributed by atoms with Gasteiger partial charge in [0.1, 0.15) is 5.82 Å². The molecule has 2 rings (SSSR count). The number of fused-ring (bicyclic) bond motifs is 1. The number of aryl methyl sites for hydroxylation is 1. The average molecular weight is 259 g/mol. The first-order valence-electron chi connectivity index (χ1n) is 6.83. The zero-order valence-electron chi connectivity index (χ0n) is 12.9. The second kappa shape index (κ2) is 4.34. The van der Waals surface area contributed by atoms with Crippen LogP contribution in [-0.2, 0) is 18.9 Å². The van der Waals surface area contributed by atoms with Crippen LogP contribution in [-0.4, -0.2) is 15.1 Å². The summed E-state index contributed by atoms with van der Waals surface area (Å²) in [5, 5.41) is 0. The van der Waals surface area contributed by atoms with Gasteiger partial charge in [-0.25, -0.2) is 4.98 Å². The summed E-state index contributed by atoms with van der Waals surface area (Å²) in [5.74, 6) is 1.12. The monoisotopic (exact) mass is 259 g/mol. The van der Waals surface area contributed by atoms with Gasteiger partial charge in [0.15, 0.2) is 0 Å². The zero-order chi connectivity index (χ0) is 14.4. The summed E-state index contributed by atoms with van der Waals surface area (Å²) in [4.78, 5) is 4.75. The minimum Gasteiger partial charge on any atom is -0.331 e. The lowest BCUT2D eigenvalue weighted by atomic mass is 9.95. The van der Waals surface area contributed by atoms with E-state index in [1.165, 1.54) is 11.1 Å². The van der Waals surface area contributed by atoms with E-state index in [1.807, 2.05) is 0 Å². The van der Waals surface area contributed by atoms with Crippen LogP contribution in [0.2, 0.25) is 0 Å². The molecule has 1 heterocycles. The van der Waals surface area contributed by atoms with Crippen LogP contribution >= 0.6 is 0 Å². The molecular weight excluding hydrogens is 234 g/mol. The molecule has 1 aromatic carbocycles. The first kappa shape index (κ1) is 14.1. The Bertz CT molecular complexity index is 595. The molecule has 0 atom stereocenters. The summed E-state index contributed by atoms with van der Waals surface area (Å²) in [7, 11) is 2.09. The number of nitrogens with zero attached hydrogens (tertiary/aromatic N) is 2. The fourth-order valence-electron chi connectivity index (χ4n) is 2.54. The molecule has 0 spiro atoms. The molecule has 19 heavy (non-hydrogen) atoms. The lowest BCUT2D eigenvalue weighted by molar-refractivity contribution is 0.516. The van der Waals surface area contributed by atoms with Crippen molar-refractivity contribution in [2.45, 2.75) is 52.0 Å². The number of rotatable bonds is 2. The fourth-order valence-corrected chi connectivity index (χ4v) is 2.54. The molecule has 1 aromatic heterocycles. The Morgan fingerprint density at radius 1 is 1.16 bits per heavy atom. The minimum absolute atomic E-state index is 0.0566. The van der Waals surface area contributed by atoms with Crippen LogP contribution in [0.4, 0.5) is 0 Å². The molecule has 2 N–H and O–H groups in total. The predicted octanol–water partition coefficient (Wildman–Crippen LogP) is 3.15. The van der Waals surface area contributed by atoms with E-state index in [2.05, 4.69) is 64.4 Å². The highest BCUT2D eigenvalue weighted by Gasteiger charge is 2.21. The van der Waals surface area contributed by atoms with E-state index in [9.17, 15) is 0 Å². The van der Waals surface area contributed by atoms with Gasteiger partial charge in [0.2, 0.25) is 0 Å². The highest BCUT2D eigenvalue weighted by molar-refractivity contribution is 5.77. The van der Waals surface area contributed by atoms with Gasteiger partial charge in [-0.3, -0.25) is 0 Å². The summed E-state index contributed by atoms with van der Waals surface area (Å²) in [6.07, 6.45) is 0.874. The number of hydrogen-bond acceptors (Lipinski definition) is 2. The third kappa shape index (κ3) is 2.98. The molecule has 0 bridgehead atoms. The summed E-state index contributed by atoms with van der Waals surface area (Å²) in [5.41, 5.74) is 9.49. The van der Waals surface area contributed by atoms with E-state index in [4.69, 9.17) is 10.7 Å². The quantitative estimate of drug-likeness (QED) is 0.900. The van der Waals surface area contributed by atoms with Crippen molar-refractivity contribution in [3.8, 4) is 0 Å². The molecule has 0 unspecified atom stereocenters. The van der Waals surface area contributed by atoms with Crippen molar-refractivity contribution >= 4 is 11.0 Å². The van der Waals surface area contributed by atoms with Crippen molar-refractivity contribution < 1.29 is 0 Å². The molecule has 0 aliphatic carbocycles. The van der Waals surface area contributed by atoms with Crippen LogP contribution in [0.1, 0.15) is 46.0 Å². The smallest absolute Gasteiger partial charge is 0.115 e. The van der Waals surface area contributed by atoms with Gasteiger partial charge in [-0.05, 0) is 38.0 Å². The predicted molar refractivity (Wildman–Crippen MR) is 81.4 cm³/mol. The van der Waals surface area contributed by atoms with Gasteiger partial charge < -0.3 is 10.3 Å². The standard InChI is InChI=1S/C16H25N3/c1-15(2,3)14-18-12-8-7-11(10-16(4,5)17)9-13(12)19(14)6/h7-9H,10,17H2,1-6H3. The summed E-state index contributed by atoms with van der Waals surface area (Å²) in [6, 6.07) is 6.45. The number of aromatic nitrogens is 2. The van der Waals surface area contributed by atoms with Crippen molar-refractivity contribution in [1.29, 1.82) is 0 Å². The van der Waals surface area contributed by atoms with Crippen LogP contribution in [0, 0.1) is 0 Å². The Hall–Kier alpha value is -1.35. The zero-order valence-corrected chi connectivity index (χ0v) is 12.9. The van der Waals surface area contributed by atoms with Gasteiger partial charge in [0, 0.05) is 18.0 Å². The second-order valence-electron chi connectivity index (χ2n) is 7.23. The number of imidazole rings is 1. The van der Waals surface area contributed by atoms with Crippen molar-refractivity contribution in [1.82, 2.24) is 9.55 Å². The Kier molecular flexibility index (Phi) is 3.21. The number of benzene rings is 1. The van der Waals surface area contributed by atoms with E-state index in [1.54, 1.807) is 0 Å². The average Bonchev–Trinajstić information content (AvgIpc) is 2.53. The molecule has 0 fully saturated rings. The Labute approximate surface area is 115 Å². The normalized spacial score (nSPS) is 13.2. The van der Waals surface area contributed by atoms with Gasteiger partial charge in [0.25, 0.3) is 0 Å². The minimum atomic E-state index is -0.181. The van der Waals surface area contributed by atoms with Crippen LogP contribution < -0.4 is 5.73 Å². The van der Waals surface area contributed by atoms with Gasteiger partial charge in [0.05, 0.1) is 11.0 Å². The number of hydrogen-bond donors (Lipinski definition) is 1. The third-order valence-electron chi connectivity index (χ3n) is 3.28. The summed E-state index contributed by atoms with van der Waals surface area (Å²) >= 11 is 0. The van der Waals surface area contributed by atoms with E-state index in [-0.39, 0.29) is 11.0 Å². The largest absolute Gasteiger partial charge is 0.331 e. The molecule has 0 aliphatic heterocycles. The van der Waals surface area contributed by atoms with Crippen molar-refractivity contribution in [2.75, 3.05) is 0 Å². The Balaban J connectivity index is 2.52. The first-order chi connectivity index (χ1) is 8.58. The van der Waals surface area contributed by atoms with Crippen LogP contribution in [0.3, 0.4) is 0 Å². The van der Waals surface area contributed by atoms with Crippen molar-refractivity contribution in [3.63, 3.8) is 0 Å². The molecule has 3 heteroatoms. The van der Waals surface area contributed by atoms with E-state index in [0.29, 0.717) is 0 Å². The molecule has 0 saturated heterocycles. The lowest BCUT2D eigenvalue weighted by Crippen LogP contribution is -2.34. The van der Waals surface area contributed by atoms with Gasteiger partial charge in [-0.2, -0.15) is 0 Å². The maximum atomic E-state index is 6.10. The van der Waals surface area contributed by atoms with Crippen molar-refractivity contribution in [3.05, 3.63) is 29.6 Å². The van der Waals surface area contributed by atoms with E-state index >= 15 is 0 Å². The highest BCUT2D eigenvalue weighted by Crippen LogP contribution is 2.26. The van der Waals surface area contributed by atoms with Crippen LogP contribution in [0.5, 0.6) is 0 Å². The van der Waals surface area contributed by atoms with Crippen LogP contribution in [0.15, 0.2) is 18.2 Å². The summed E-state index contributed by atoms with van der Waals surface area (Å²) < 4.78 is 2.20.